The molecule has 1 rings (SSSR count). The van der Waals surface area contributed by atoms with E-state index < -0.39 is 0 Å². The fraction of sp³-hybridized carbons (Fsp3) is 0.250. The summed E-state index contributed by atoms with van der Waals surface area (Å²) in [6, 6.07) is 4.39. The van der Waals surface area contributed by atoms with Crippen molar-refractivity contribution in [3.05, 3.63) is 41.4 Å². The molecule has 0 unspecified atom stereocenters. The molecule has 0 aliphatic heterocycles. The van der Waals surface area contributed by atoms with Crippen LogP contribution in [0, 0.1) is 0 Å². The summed E-state index contributed by atoms with van der Waals surface area (Å²) in [6.45, 7) is 4.21. The maximum Gasteiger partial charge on any atom is 0.251 e. The number of carbonyl (C=O) groups is 1. The van der Waals surface area contributed by atoms with Crippen LogP contribution in [0.3, 0.4) is 0 Å². The molecule has 1 aromatic rings. The van der Waals surface area contributed by atoms with Gasteiger partial charge in [-0.1, -0.05) is 17.7 Å². The Labute approximate surface area is 110 Å². The number of nitrogens with one attached hydrogen (secondary N) is 1. The van der Waals surface area contributed by atoms with E-state index in [2.05, 4.69) is 11.9 Å². The van der Waals surface area contributed by atoms with Gasteiger partial charge in [0.15, 0.2) is 0 Å². The number of hydrogen-bond acceptors (Lipinski definition) is 3. The lowest BCUT2D eigenvalue weighted by atomic mass is 10.2. The predicted molar refractivity (Wildman–Crippen MR) is 73.0 cm³/mol. The van der Waals surface area contributed by atoms with Gasteiger partial charge in [-0.3, -0.25) is 4.79 Å². The first-order chi connectivity index (χ1) is 8.15. The summed E-state index contributed by atoms with van der Waals surface area (Å²) < 4.78 is 0. The lowest BCUT2D eigenvalue weighted by Gasteiger charge is -2.05. The van der Waals surface area contributed by atoms with E-state index in [-0.39, 0.29) is 16.7 Å². The summed E-state index contributed by atoms with van der Waals surface area (Å²) in [5.74, 6) is 1.50. The van der Waals surface area contributed by atoms with Gasteiger partial charge in [0.2, 0.25) is 0 Å². The molecule has 0 saturated heterocycles. The van der Waals surface area contributed by atoms with E-state index in [1.54, 1.807) is 11.8 Å². The molecule has 0 aliphatic carbocycles. The number of rotatable bonds is 6. The summed E-state index contributed by atoms with van der Waals surface area (Å²) in [6.07, 6.45) is 1.83. The average molecular weight is 272 g/mol. The second-order valence-electron chi connectivity index (χ2n) is 3.29. The third-order valence-corrected chi connectivity index (χ3v) is 3.24. The van der Waals surface area contributed by atoms with Gasteiger partial charge in [0.05, 0.1) is 5.02 Å². The van der Waals surface area contributed by atoms with E-state index in [0.717, 1.165) is 11.5 Å². The van der Waals surface area contributed by atoms with Gasteiger partial charge in [-0.05, 0) is 18.2 Å². The maximum atomic E-state index is 11.7. The van der Waals surface area contributed by atoms with Crippen LogP contribution in [0.5, 0.6) is 5.75 Å². The number of hydrogen-bond donors (Lipinski definition) is 2. The molecule has 0 bridgehead atoms. The van der Waals surface area contributed by atoms with Crippen molar-refractivity contribution in [2.24, 2.45) is 0 Å². The summed E-state index contributed by atoms with van der Waals surface area (Å²) in [4.78, 5) is 11.7. The van der Waals surface area contributed by atoms with Crippen LogP contribution in [0.2, 0.25) is 5.02 Å². The first-order valence-electron chi connectivity index (χ1n) is 5.10. The number of carbonyl (C=O) groups excluding carboxylic acids is 1. The van der Waals surface area contributed by atoms with E-state index in [0.29, 0.717) is 12.1 Å². The van der Waals surface area contributed by atoms with Crippen molar-refractivity contribution < 1.29 is 9.90 Å². The molecular weight excluding hydrogens is 258 g/mol. The van der Waals surface area contributed by atoms with Crippen LogP contribution in [0.1, 0.15) is 10.4 Å². The van der Waals surface area contributed by atoms with Gasteiger partial charge < -0.3 is 10.4 Å². The number of aromatic hydroxyl groups is 1. The van der Waals surface area contributed by atoms with E-state index >= 15 is 0 Å². The SMILES string of the molecule is C=CCSCCNC(=O)c1ccc(O)c(Cl)c1. The molecule has 0 fully saturated rings. The van der Waals surface area contributed by atoms with Gasteiger partial charge >= 0.3 is 0 Å². The highest BCUT2D eigenvalue weighted by Crippen LogP contribution is 2.23. The van der Waals surface area contributed by atoms with Gasteiger partial charge in [-0.15, -0.1) is 6.58 Å². The molecule has 17 heavy (non-hydrogen) atoms. The van der Waals surface area contributed by atoms with E-state index in [4.69, 9.17) is 11.6 Å². The van der Waals surface area contributed by atoms with Crippen LogP contribution < -0.4 is 5.32 Å². The molecule has 0 aromatic heterocycles. The van der Waals surface area contributed by atoms with Gasteiger partial charge in [0, 0.05) is 23.6 Å². The molecule has 1 aromatic carbocycles. The Hall–Kier alpha value is -1.13. The molecule has 3 nitrogen and oxygen atoms in total. The molecule has 1 amide bonds. The summed E-state index contributed by atoms with van der Waals surface area (Å²) in [5, 5.41) is 12.2. The van der Waals surface area contributed by atoms with Crippen molar-refractivity contribution in [1.82, 2.24) is 5.32 Å². The Bertz CT molecular complexity index is 409. The minimum atomic E-state index is -0.189. The first-order valence-corrected chi connectivity index (χ1v) is 6.63. The standard InChI is InChI=1S/C12H14ClNO2S/c1-2-6-17-7-5-14-12(16)9-3-4-11(15)10(13)8-9/h2-4,8,15H,1,5-7H2,(H,14,16). The Kier molecular flexibility index (Phi) is 5.94. The van der Waals surface area contributed by atoms with Crippen molar-refractivity contribution in [3.63, 3.8) is 0 Å². The zero-order valence-corrected chi connectivity index (χ0v) is 10.9. The maximum absolute atomic E-state index is 11.7. The topological polar surface area (TPSA) is 49.3 Å². The smallest absolute Gasteiger partial charge is 0.251 e. The van der Waals surface area contributed by atoms with Crippen molar-refractivity contribution in [2.45, 2.75) is 0 Å². The molecular formula is C12H14ClNO2S. The Morgan fingerprint density at radius 2 is 2.35 bits per heavy atom. The first kappa shape index (κ1) is 13.9. The predicted octanol–water partition coefficient (Wildman–Crippen LogP) is 2.69. The largest absolute Gasteiger partial charge is 0.506 e. The minimum Gasteiger partial charge on any atom is -0.506 e. The number of amides is 1. The molecule has 0 saturated carbocycles. The Balaban J connectivity index is 2.41. The lowest BCUT2D eigenvalue weighted by Crippen LogP contribution is -2.25. The van der Waals surface area contributed by atoms with Crippen molar-refractivity contribution in [3.8, 4) is 5.75 Å². The van der Waals surface area contributed by atoms with Crippen molar-refractivity contribution in [2.75, 3.05) is 18.1 Å². The van der Waals surface area contributed by atoms with Gasteiger partial charge in [-0.25, -0.2) is 0 Å². The number of phenolic OH excluding ortho intramolecular Hbond substituents is 1. The van der Waals surface area contributed by atoms with Gasteiger partial charge in [0.1, 0.15) is 5.75 Å². The highest BCUT2D eigenvalue weighted by atomic mass is 35.5. The zero-order valence-electron chi connectivity index (χ0n) is 9.28. The third-order valence-electron chi connectivity index (χ3n) is 1.98. The van der Waals surface area contributed by atoms with Crippen LogP contribution in [0.4, 0.5) is 0 Å². The third kappa shape index (κ3) is 4.71. The van der Waals surface area contributed by atoms with E-state index in [9.17, 15) is 9.90 Å². The molecule has 2 N–H and O–H groups in total. The molecule has 5 heteroatoms. The number of benzene rings is 1. The van der Waals surface area contributed by atoms with Crippen LogP contribution in [0.15, 0.2) is 30.9 Å². The van der Waals surface area contributed by atoms with Crippen LogP contribution in [-0.4, -0.2) is 29.1 Å². The van der Waals surface area contributed by atoms with E-state index in [1.165, 1.54) is 18.2 Å². The molecule has 92 valence electrons. The summed E-state index contributed by atoms with van der Waals surface area (Å²) in [7, 11) is 0. The molecule has 0 radical (unpaired) electrons. The highest BCUT2D eigenvalue weighted by Gasteiger charge is 2.07. The fourth-order valence-electron chi connectivity index (χ4n) is 1.15. The fourth-order valence-corrected chi connectivity index (χ4v) is 1.91. The number of phenols is 1. The van der Waals surface area contributed by atoms with Gasteiger partial charge in [0.25, 0.3) is 5.91 Å². The highest BCUT2D eigenvalue weighted by molar-refractivity contribution is 7.99. The molecule has 0 heterocycles. The van der Waals surface area contributed by atoms with E-state index in [1.807, 2.05) is 6.08 Å². The normalized spacial score (nSPS) is 9.94. The second kappa shape index (κ2) is 7.25. The number of thioether (sulfide) groups is 1. The van der Waals surface area contributed by atoms with Crippen LogP contribution >= 0.6 is 23.4 Å². The number of halogens is 1. The van der Waals surface area contributed by atoms with Crippen LogP contribution in [0.25, 0.3) is 0 Å². The molecule has 0 aliphatic rings. The lowest BCUT2D eigenvalue weighted by molar-refractivity contribution is 0.0956. The quantitative estimate of drug-likeness (QED) is 0.618. The Morgan fingerprint density at radius 3 is 3.00 bits per heavy atom. The molecule has 0 spiro atoms. The monoisotopic (exact) mass is 271 g/mol. The minimum absolute atomic E-state index is 0.0234. The van der Waals surface area contributed by atoms with Crippen molar-refractivity contribution >= 4 is 29.3 Å². The summed E-state index contributed by atoms with van der Waals surface area (Å²) >= 11 is 7.41. The van der Waals surface area contributed by atoms with Crippen molar-refractivity contribution in [1.29, 1.82) is 0 Å². The zero-order chi connectivity index (χ0) is 12.7. The van der Waals surface area contributed by atoms with Crippen LogP contribution in [-0.2, 0) is 0 Å². The average Bonchev–Trinajstić information content (AvgIpc) is 2.32. The second-order valence-corrected chi connectivity index (χ2v) is 4.84. The Morgan fingerprint density at radius 1 is 1.59 bits per heavy atom. The molecule has 0 atom stereocenters. The van der Waals surface area contributed by atoms with Gasteiger partial charge in [-0.2, -0.15) is 11.8 Å². The summed E-state index contributed by atoms with van der Waals surface area (Å²) in [5.41, 5.74) is 0.446.